The summed E-state index contributed by atoms with van der Waals surface area (Å²) < 4.78 is 7.13. The number of thiophene rings is 1. The Balaban J connectivity index is 2.16. The molecule has 0 fully saturated rings. The van der Waals surface area contributed by atoms with Gasteiger partial charge < -0.3 is 10.5 Å². The molecule has 19 heavy (non-hydrogen) atoms. The summed E-state index contributed by atoms with van der Waals surface area (Å²) in [5.74, 6) is 0.865. The molecule has 4 heteroatoms. The molecule has 0 aliphatic carbocycles. The third-order valence-corrected chi connectivity index (χ3v) is 4.63. The Morgan fingerprint density at radius 1 is 1.21 bits per heavy atom. The van der Waals surface area contributed by atoms with E-state index in [2.05, 4.69) is 41.1 Å². The zero-order valence-corrected chi connectivity index (χ0v) is 13.5. The van der Waals surface area contributed by atoms with Crippen LogP contribution in [0.2, 0.25) is 0 Å². The molecule has 2 aromatic rings. The number of hydrogen-bond donors (Lipinski definition) is 1. The number of hydrogen-bond acceptors (Lipinski definition) is 3. The van der Waals surface area contributed by atoms with Gasteiger partial charge in [0.15, 0.2) is 0 Å². The molecule has 2 unspecified atom stereocenters. The monoisotopic (exact) mass is 339 g/mol. The van der Waals surface area contributed by atoms with Gasteiger partial charge >= 0.3 is 0 Å². The smallest absolute Gasteiger partial charge is 0.148 e. The molecule has 0 aliphatic rings. The molecule has 0 saturated carbocycles. The second kappa shape index (κ2) is 6.55. The first kappa shape index (κ1) is 14.6. The van der Waals surface area contributed by atoms with Crippen LogP contribution in [0, 0.1) is 0 Å². The Morgan fingerprint density at radius 2 is 1.89 bits per heavy atom. The Morgan fingerprint density at radius 3 is 2.37 bits per heavy atom. The average Bonchev–Trinajstić information content (AvgIpc) is 2.82. The number of nitrogens with two attached hydrogens (primary N) is 1. The van der Waals surface area contributed by atoms with E-state index in [-0.39, 0.29) is 12.1 Å². The fraction of sp³-hybridized carbons (Fsp3) is 0.333. The van der Waals surface area contributed by atoms with Crippen molar-refractivity contribution >= 4 is 27.3 Å². The van der Waals surface area contributed by atoms with E-state index in [1.54, 1.807) is 11.3 Å². The molecule has 0 aliphatic heterocycles. The lowest BCUT2D eigenvalue weighted by Gasteiger charge is -2.21. The average molecular weight is 340 g/mol. The molecule has 2 rings (SSSR count). The predicted molar refractivity (Wildman–Crippen MR) is 84.9 cm³/mol. The van der Waals surface area contributed by atoms with Gasteiger partial charge in [-0.3, -0.25) is 0 Å². The molecule has 0 spiro atoms. The molecule has 1 aromatic carbocycles. The molecule has 2 atom stereocenters. The van der Waals surface area contributed by atoms with Gasteiger partial charge in [0.1, 0.15) is 11.9 Å². The Hall–Kier alpha value is -0.840. The zero-order valence-electron chi connectivity index (χ0n) is 11.1. The molecule has 0 amide bonds. The standard InChI is InChI=1S/C15H18BrNOS/c1-3-11-4-6-12(7-5-11)18-15(10(2)17)13-8-9-14(16)19-13/h4-10,15H,3,17H2,1-2H3. The molecule has 2 N–H and O–H groups in total. The quantitative estimate of drug-likeness (QED) is 0.867. The van der Waals surface area contributed by atoms with Crippen LogP contribution in [0.1, 0.15) is 30.4 Å². The van der Waals surface area contributed by atoms with Gasteiger partial charge in [-0.25, -0.2) is 0 Å². The van der Waals surface area contributed by atoms with Crippen LogP contribution in [0.15, 0.2) is 40.2 Å². The van der Waals surface area contributed by atoms with Crippen molar-refractivity contribution in [1.82, 2.24) is 0 Å². The number of halogens is 1. The lowest BCUT2D eigenvalue weighted by atomic mass is 10.1. The Kier molecular flexibility index (Phi) is 5.02. The maximum Gasteiger partial charge on any atom is 0.148 e. The van der Waals surface area contributed by atoms with Crippen LogP contribution >= 0.6 is 27.3 Å². The van der Waals surface area contributed by atoms with Crippen molar-refractivity contribution in [3.8, 4) is 5.75 Å². The van der Waals surface area contributed by atoms with Crippen molar-refractivity contribution in [1.29, 1.82) is 0 Å². The van der Waals surface area contributed by atoms with E-state index in [4.69, 9.17) is 10.5 Å². The van der Waals surface area contributed by atoms with E-state index in [9.17, 15) is 0 Å². The third-order valence-electron chi connectivity index (χ3n) is 2.95. The summed E-state index contributed by atoms with van der Waals surface area (Å²) in [6.07, 6.45) is 0.929. The maximum atomic E-state index is 6.05. The van der Waals surface area contributed by atoms with Crippen molar-refractivity contribution in [2.45, 2.75) is 32.4 Å². The molecule has 1 aromatic heterocycles. The van der Waals surface area contributed by atoms with Gasteiger partial charge in [0.25, 0.3) is 0 Å². The van der Waals surface area contributed by atoms with E-state index < -0.39 is 0 Å². The summed E-state index contributed by atoms with van der Waals surface area (Å²) >= 11 is 5.14. The zero-order chi connectivity index (χ0) is 13.8. The van der Waals surface area contributed by atoms with E-state index >= 15 is 0 Å². The van der Waals surface area contributed by atoms with Gasteiger partial charge in [0, 0.05) is 10.9 Å². The summed E-state index contributed by atoms with van der Waals surface area (Å²) in [5.41, 5.74) is 7.36. The number of aryl methyl sites for hydroxylation is 1. The fourth-order valence-electron chi connectivity index (χ4n) is 1.86. The summed E-state index contributed by atoms with van der Waals surface area (Å²) in [6, 6.07) is 12.2. The highest BCUT2D eigenvalue weighted by Gasteiger charge is 2.20. The van der Waals surface area contributed by atoms with E-state index in [1.165, 1.54) is 5.56 Å². The summed E-state index contributed by atoms with van der Waals surface area (Å²) in [5, 5.41) is 0. The largest absolute Gasteiger partial charge is 0.483 e. The Bertz CT molecular complexity index is 521. The van der Waals surface area contributed by atoms with E-state index in [0.717, 1.165) is 20.8 Å². The van der Waals surface area contributed by atoms with Crippen molar-refractivity contribution in [3.05, 3.63) is 50.6 Å². The van der Waals surface area contributed by atoms with Crippen LogP contribution in [0.3, 0.4) is 0 Å². The van der Waals surface area contributed by atoms with Crippen LogP contribution in [0.4, 0.5) is 0 Å². The normalized spacial score (nSPS) is 14.1. The van der Waals surface area contributed by atoms with Crippen molar-refractivity contribution < 1.29 is 4.74 Å². The lowest BCUT2D eigenvalue weighted by Crippen LogP contribution is -2.28. The van der Waals surface area contributed by atoms with E-state index in [1.807, 2.05) is 25.1 Å². The molecular weight excluding hydrogens is 322 g/mol. The highest BCUT2D eigenvalue weighted by Crippen LogP contribution is 2.32. The lowest BCUT2D eigenvalue weighted by molar-refractivity contribution is 0.184. The third kappa shape index (κ3) is 3.81. The first-order valence-electron chi connectivity index (χ1n) is 6.36. The van der Waals surface area contributed by atoms with Gasteiger partial charge in [-0.15, -0.1) is 11.3 Å². The van der Waals surface area contributed by atoms with Gasteiger partial charge in [0.2, 0.25) is 0 Å². The van der Waals surface area contributed by atoms with Gasteiger partial charge in [-0.05, 0) is 59.1 Å². The van der Waals surface area contributed by atoms with Gasteiger partial charge in [0.05, 0.1) is 3.79 Å². The second-order valence-corrected chi connectivity index (χ2v) is 7.03. The van der Waals surface area contributed by atoms with E-state index in [0.29, 0.717) is 0 Å². The Labute approximate surface area is 126 Å². The van der Waals surface area contributed by atoms with Crippen LogP contribution < -0.4 is 10.5 Å². The summed E-state index contributed by atoms with van der Waals surface area (Å²) in [7, 11) is 0. The minimum atomic E-state index is -0.108. The van der Waals surface area contributed by atoms with Crippen LogP contribution in [0.25, 0.3) is 0 Å². The van der Waals surface area contributed by atoms with Crippen molar-refractivity contribution in [2.75, 3.05) is 0 Å². The molecular formula is C15H18BrNOS. The minimum Gasteiger partial charge on any atom is -0.483 e. The minimum absolute atomic E-state index is 0.0589. The number of benzene rings is 1. The summed E-state index contributed by atoms with van der Waals surface area (Å²) in [6.45, 7) is 4.11. The highest BCUT2D eigenvalue weighted by atomic mass is 79.9. The van der Waals surface area contributed by atoms with Gasteiger partial charge in [-0.2, -0.15) is 0 Å². The molecule has 0 radical (unpaired) electrons. The first-order chi connectivity index (χ1) is 9.10. The topological polar surface area (TPSA) is 35.2 Å². The van der Waals surface area contributed by atoms with Crippen LogP contribution in [-0.2, 0) is 6.42 Å². The number of rotatable bonds is 5. The molecule has 0 bridgehead atoms. The fourth-order valence-corrected chi connectivity index (χ4v) is 3.43. The van der Waals surface area contributed by atoms with Crippen molar-refractivity contribution in [3.63, 3.8) is 0 Å². The second-order valence-electron chi connectivity index (χ2n) is 4.54. The molecule has 0 saturated heterocycles. The number of ether oxygens (including phenoxy) is 1. The molecule has 2 nitrogen and oxygen atoms in total. The highest BCUT2D eigenvalue weighted by molar-refractivity contribution is 9.11. The van der Waals surface area contributed by atoms with Crippen molar-refractivity contribution in [2.24, 2.45) is 5.73 Å². The van der Waals surface area contributed by atoms with Gasteiger partial charge in [-0.1, -0.05) is 19.1 Å². The van der Waals surface area contributed by atoms with Crippen LogP contribution in [-0.4, -0.2) is 6.04 Å². The molecule has 102 valence electrons. The van der Waals surface area contributed by atoms with Crippen LogP contribution in [0.5, 0.6) is 5.75 Å². The molecule has 1 heterocycles. The predicted octanol–water partition coefficient (Wildman–Crippen LogP) is 4.54. The maximum absolute atomic E-state index is 6.05. The first-order valence-corrected chi connectivity index (χ1v) is 7.97. The summed E-state index contributed by atoms with van der Waals surface area (Å²) in [4.78, 5) is 1.14. The SMILES string of the molecule is CCc1ccc(OC(c2ccc(Br)s2)C(C)N)cc1.